The standard InChI is InChI=1S/C18H20ClNO3S/c1-23-12-18(11-20)16(13-7-9-14(19)10-8-13)17(18)24(21,22)15-5-3-2-4-6-15/h2-10,16-17H,11-12,20H2,1H3. The van der Waals surface area contributed by atoms with Crippen molar-refractivity contribution in [2.45, 2.75) is 16.1 Å². The van der Waals surface area contributed by atoms with Crippen LogP contribution < -0.4 is 5.73 Å². The van der Waals surface area contributed by atoms with Gasteiger partial charge in [0.1, 0.15) is 0 Å². The number of benzene rings is 2. The van der Waals surface area contributed by atoms with Gasteiger partial charge in [0.25, 0.3) is 0 Å². The van der Waals surface area contributed by atoms with Gasteiger partial charge < -0.3 is 10.5 Å². The number of hydrogen-bond acceptors (Lipinski definition) is 4. The van der Waals surface area contributed by atoms with Gasteiger partial charge in [-0.25, -0.2) is 8.42 Å². The highest BCUT2D eigenvalue weighted by Crippen LogP contribution is 2.63. The van der Waals surface area contributed by atoms with E-state index >= 15 is 0 Å². The van der Waals surface area contributed by atoms with Gasteiger partial charge in [-0.3, -0.25) is 0 Å². The molecule has 0 heterocycles. The smallest absolute Gasteiger partial charge is 0.182 e. The van der Waals surface area contributed by atoms with Crippen LogP contribution in [0.15, 0.2) is 59.5 Å². The summed E-state index contributed by atoms with van der Waals surface area (Å²) in [6.07, 6.45) is 0. The lowest BCUT2D eigenvalue weighted by Gasteiger charge is -2.15. The molecule has 1 aliphatic rings. The fourth-order valence-corrected chi connectivity index (χ4v) is 6.21. The van der Waals surface area contributed by atoms with Crippen LogP contribution in [0.2, 0.25) is 5.02 Å². The third kappa shape index (κ3) is 2.75. The fourth-order valence-electron chi connectivity index (χ4n) is 3.62. The zero-order chi connectivity index (χ0) is 17.4. The Morgan fingerprint density at radius 3 is 2.29 bits per heavy atom. The number of halogens is 1. The normalized spacial score (nSPS) is 26.3. The van der Waals surface area contributed by atoms with E-state index in [0.29, 0.717) is 16.5 Å². The van der Waals surface area contributed by atoms with Gasteiger partial charge in [0.15, 0.2) is 9.84 Å². The average Bonchev–Trinajstić information content (AvgIpc) is 3.26. The molecule has 3 atom stereocenters. The van der Waals surface area contributed by atoms with Crippen molar-refractivity contribution in [2.24, 2.45) is 11.1 Å². The van der Waals surface area contributed by atoms with Crippen LogP contribution in [0.4, 0.5) is 0 Å². The molecule has 3 rings (SSSR count). The van der Waals surface area contributed by atoms with Crippen LogP contribution in [0.5, 0.6) is 0 Å². The van der Waals surface area contributed by atoms with Crippen LogP contribution in [-0.2, 0) is 14.6 Å². The lowest BCUT2D eigenvalue weighted by molar-refractivity contribution is 0.142. The predicted octanol–water partition coefficient (Wildman–Crippen LogP) is 2.87. The minimum Gasteiger partial charge on any atom is -0.384 e. The molecular formula is C18H20ClNO3S. The third-order valence-corrected chi connectivity index (χ3v) is 7.40. The van der Waals surface area contributed by atoms with Crippen molar-refractivity contribution in [1.82, 2.24) is 0 Å². The number of nitrogens with two attached hydrogens (primary N) is 1. The lowest BCUT2D eigenvalue weighted by Crippen LogP contribution is -2.28. The van der Waals surface area contributed by atoms with E-state index in [0.717, 1.165) is 5.56 Å². The summed E-state index contributed by atoms with van der Waals surface area (Å²) >= 11 is 5.96. The molecule has 0 bridgehead atoms. The molecule has 6 heteroatoms. The molecule has 0 aromatic heterocycles. The van der Waals surface area contributed by atoms with E-state index in [4.69, 9.17) is 22.1 Å². The van der Waals surface area contributed by atoms with Gasteiger partial charge in [0, 0.05) is 30.0 Å². The van der Waals surface area contributed by atoms with E-state index < -0.39 is 20.5 Å². The van der Waals surface area contributed by atoms with Gasteiger partial charge in [-0.15, -0.1) is 0 Å². The van der Waals surface area contributed by atoms with Crippen molar-refractivity contribution in [3.05, 3.63) is 65.2 Å². The Morgan fingerprint density at radius 1 is 1.12 bits per heavy atom. The molecule has 2 aromatic carbocycles. The molecule has 0 radical (unpaired) electrons. The SMILES string of the molecule is COCC1(CN)C(c2ccc(Cl)cc2)C1S(=O)(=O)c1ccccc1. The maximum atomic E-state index is 13.2. The summed E-state index contributed by atoms with van der Waals surface area (Å²) in [6.45, 7) is 0.540. The van der Waals surface area contributed by atoms with Crippen molar-refractivity contribution in [3.8, 4) is 0 Å². The topological polar surface area (TPSA) is 69.4 Å². The second-order valence-electron chi connectivity index (χ2n) is 6.18. The van der Waals surface area contributed by atoms with Gasteiger partial charge in [-0.1, -0.05) is 41.9 Å². The third-order valence-electron chi connectivity index (χ3n) is 4.81. The summed E-state index contributed by atoms with van der Waals surface area (Å²) in [7, 11) is -1.94. The van der Waals surface area contributed by atoms with E-state index in [2.05, 4.69) is 0 Å². The molecule has 24 heavy (non-hydrogen) atoms. The van der Waals surface area contributed by atoms with Crippen LogP contribution in [0.25, 0.3) is 0 Å². The zero-order valence-electron chi connectivity index (χ0n) is 13.4. The maximum absolute atomic E-state index is 13.2. The maximum Gasteiger partial charge on any atom is 0.182 e. The molecule has 4 nitrogen and oxygen atoms in total. The highest BCUT2D eigenvalue weighted by molar-refractivity contribution is 7.92. The molecule has 0 saturated heterocycles. The Morgan fingerprint density at radius 2 is 1.75 bits per heavy atom. The average molecular weight is 366 g/mol. The molecule has 3 unspecified atom stereocenters. The first-order valence-electron chi connectivity index (χ1n) is 7.71. The quantitative estimate of drug-likeness (QED) is 0.854. The minimum atomic E-state index is -3.51. The van der Waals surface area contributed by atoms with Crippen molar-refractivity contribution in [1.29, 1.82) is 0 Å². The zero-order valence-corrected chi connectivity index (χ0v) is 14.9. The van der Waals surface area contributed by atoms with E-state index in [-0.39, 0.29) is 12.5 Å². The van der Waals surface area contributed by atoms with Crippen molar-refractivity contribution in [3.63, 3.8) is 0 Å². The van der Waals surface area contributed by atoms with Crippen LogP contribution in [0, 0.1) is 5.41 Å². The highest BCUT2D eigenvalue weighted by Gasteiger charge is 2.70. The fraction of sp³-hybridized carbons (Fsp3) is 0.333. The van der Waals surface area contributed by atoms with E-state index in [1.807, 2.05) is 12.1 Å². The molecule has 2 aromatic rings. The lowest BCUT2D eigenvalue weighted by atomic mass is 10.0. The van der Waals surface area contributed by atoms with Crippen molar-refractivity contribution >= 4 is 21.4 Å². The molecule has 0 spiro atoms. The molecular weight excluding hydrogens is 346 g/mol. The number of methoxy groups -OCH3 is 1. The largest absolute Gasteiger partial charge is 0.384 e. The van der Waals surface area contributed by atoms with Crippen molar-refractivity contribution < 1.29 is 13.2 Å². The first-order valence-corrected chi connectivity index (χ1v) is 9.63. The first kappa shape index (κ1) is 17.4. The van der Waals surface area contributed by atoms with Gasteiger partial charge in [-0.05, 0) is 29.8 Å². The van der Waals surface area contributed by atoms with Crippen LogP contribution in [-0.4, -0.2) is 33.9 Å². The summed E-state index contributed by atoms with van der Waals surface area (Å²) in [5, 5.41) is 0.0190. The Balaban J connectivity index is 2.05. The van der Waals surface area contributed by atoms with Gasteiger partial charge in [0.05, 0.1) is 16.8 Å². The molecule has 128 valence electrons. The number of rotatable bonds is 6. The van der Waals surface area contributed by atoms with Crippen molar-refractivity contribution in [2.75, 3.05) is 20.3 Å². The number of hydrogen-bond donors (Lipinski definition) is 1. The molecule has 1 saturated carbocycles. The summed E-state index contributed by atoms with van der Waals surface area (Å²) in [6, 6.07) is 15.8. The van der Waals surface area contributed by atoms with Gasteiger partial charge in [0.2, 0.25) is 0 Å². The van der Waals surface area contributed by atoms with E-state index in [9.17, 15) is 8.42 Å². The van der Waals surface area contributed by atoms with Crippen LogP contribution >= 0.6 is 11.6 Å². The van der Waals surface area contributed by atoms with Gasteiger partial charge >= 0.3 is 0 Å². The molecule has 2 N–H and O–H groups in total. The van der Waals surface area contributed by atoms with Crippen LogP contribution in [0.3, 0.4) is 0 Å². The number of sulfone groups is 1. The second kappa shape index (κ2) is 6.48. The molecule has 1 aliphatic carbocycles. The predicted molar refractivity (Wildman–Crippen MR) is 95.0 cm³/mol. The monoisotopic (exact) mass is 365 g/mol. The van der Waals surface area contributed by atoms with E-state index in [1.54, 1.807) is 49.6 Å². The Kier molecular flexibility index (Phi) is 4.71. The molecule has 0 aliphatic heterocycles. The molecule has 0 amide bonds. The second-order valence-corrected chi connectivity index (χ2v) is 8.68. The summed E-state index contributed by atoms with van der Waals surface area (Å²) < 4.78 is 31.6. The highest BCUT2D eigenvalue weighted by atomic mass is 35.5. The minimum absolute atomic E-state index is 0.204. The molecule has 1 fully saturated rings. The summed E-state index contributed by atoms with van der Waals surface area (Å²) in [5.74, 6) is -0.204. The summed E-state index contributed by atoms with van der Waals surface area (Å²) in [5.41, 5.74) is 6.32. The van der Waals surface area contributed by atoms with Crippen LogP contribution in [0.1, 0.15) is 11.5 Å². The number of ether oxygens (including phenoxy) is 1. The Hall–Kier alpha value is -1.40. The first-order chi connectivity index (χ1) is 11.5. The Bertz CT molecular complexity index is 808. The van der Waals surface area contributed by atoms with Gasteiger partial charge in [-0.2, -0.15) is 0 Å². The van der Waals surface area contributed by atoms with E-state index in [1.165, 1.54) is 0 Å². The summed E-state index contributed by atoms with van der Waals surface area (Å²) in [4.78, 5) is 0.320. The Labute approximate surface area is 147 Å².